The first-order valence-corrected chi connectivity index (χ1v) is 8.79. The average molecular weight is 335 g/mol. The normalized spacial score (nSPS) is 16.0. The summed E-state index contributed by atoms with van der Waals surface area (Å²) in [6.07, 6.45) is 7.50. The summed E-state index contributed by atoms with van der Waals surface area (Å²) in [5, 5.41) is 4.66. The molecule has 2 aromatic rings. The molecule has 0 unspecified atom stereocenters. The minimum absolute atomic E-state index is 0.0885. The highest BCUT2D eigenvalue weighted by Crippen LogP contribution is 2.31. The monoisotopic (exact) mass is 334 g/mol. The van der Waals surface area contributed by atoms with E-state index >= 15 is 0 Å². The molecule has 0 atom stereocenters. The van der Waals surface area contributed by atoms with Crippen molar-refractivity contribution in [3.8, 4) is 17.1 Å². The molecule has 0 radical (unpaired) electrons. The Hall–Kier alpha value is -1.55. The van der Waals surface area contributed by atoms with Crippen molar-refractivity contribution in [3.63, 3.8) is 0 Å². The van der Waals surface area contributed by atoms with E-state index in [4.69, 9.17) is 20.9 Å². The van der Waals surface area contributed by atoms with E-state index in [1.165, 1.54) is 32.1 Å². The molecule has 1 fully saturated rings. The van der Waals surface area contributed by atoms with E-state index in [0.717, 1.165) is 17.9 Å². The number of hydrogen-bond donors (Lipinski definition) is 0. The minimum Gasteiger partial charge on any atom is -0.489 e. The molecule has 1 aliphatic rings. The summed E-state index contributed by atoms with van der Waals surface area (Å²) < 4.78 is 11.1. The van der Waals surface area contributed by atoms with Crippen LogP contribution in [0.5, 0.6) is 5.75 Å². The third-order valence-electron chi connectivity index (χ3n) is 4.21. The topological polar surface area (TPSA) is 48.2 Å². The zero-order valence-electron chi connectivity index (χ0n) is 13.7. The number of nitrogens with zero attached hydrogens (tertiary/aromatic N) is 2. The van der Waals surface area contributed by atoms with Gasteiger partial charge in [-0.2, -0.15) is 4.98 Å². The van der Waals surface area contributed by atoms with Gasteiger partial charge in [0, 0.05) is 12.0 Å². The predicted molar refractivity (Wildman–Crippen MR) is 90.8 cm³/mol. The summed E-state index contributed by atoms with van der Waals surface area (Å²) in [6, 6.07) is 5.60. The fourth-order valence-corrected chi connectivity index (χ4v) is 3.31. The van der Waals surface area contributed by atoms with Gasteiger partial charge in [-0.3, -0.25) is 0 Å². The largest absolute Gasteiger partial charge is 0.489 e. The highest BCUT2D eigenvalue weighted by molar-refractivity contribution is 6.32. The van der Waals surface area contributed by atoms with Crippen LogP contribution < -0.4 is 4.74 Å². The van der Waals surface area contributed by atoms with Gasteiger partial charge in [0.05, 0.1) is 11.1 Å². The van der Waals surface area contributed by atoms with Crippen molar-refractivity contribution < 1.29 is 9.26 Å². The molecule has 23 heavy (non-hydrogen) atoms. The molecule has 0 N–H and O–H groups in total. The van der Waals surface area contributed by atoms with Crippen molar-refractivity contribution in [1.29, 1.82) is 0 Å². The molecule has 4 nitrogen and oxygen atoms in total. The second-order valence-electron chi connectivity index (χ2n) is 6.53. The fourth-order valence-electron chi connectivity index (χ4n) is 3.08. The van der Waals surface area contributed by atoms with E-state index in [-0.39, 0.29) is 6.10 Å². The number of hydrogen-bond acceptors (Lipinski definition) is 4. The van der Waals surface area contributed by atoms with Crippen LogP contribution in [0.2, 0.25) is 5.02 Å². The van der Waals surface area contributed by atoms with Crippen molar-refractivity contribution >= 4 is 11.6 Å². The van der Waals surface area contributed by atoms with E-state index in [1.54, 1.807) is 0 Å². The Morgan fingerprint density at radius 2 is 2.04 bits per heavy atom. The van der Waals surface area contributed by atoms with Crippen LogP contribution in [0.3, 0.4) is 0 Å². The van der Waals surface area contributed by atoms with E-state index in [9.17, 15) is 0 Å². The lowest BCUT2D eigenvalue weighted by Crippen LogP contribution is -2.09. The van der Waals surface area contributed by atoms with Crippen LogP contribution in [0, 0.1) is 5.92 Å². The first-order valence-electron chi connectivity index (χ1n) is 8.41. The van der Waals surface area contributed by atoms with Crippen LogP contribution in [0.25, 0.3) is 11.4 Å². The maximum absolute atomic E-state index is 6.27. The second kappa shape index (κ2) is 7.35. The van der Waals surface area contributed by atoms with Crippen LogP contribution in [-0.2, 0) is 6.42 Å². The van der Waals surface area contributed by atoms with Gasteiger partial charge in [0.1, 0.15) is 5.75 Å². The molecule has 0 saturated heterocycles. The Balaban J connectivity index is 1.70. The minimum atomic E-state index is 0.0885. The van der Waals surface area contributed by atoms with E-state index in [1.807, 2.05) is 32.0 Å². The summed E-state index contributed by atoms with van der Waals surface area (Å²) in [4.78, 5) is 4.53. The Bertz CT molecular complexity index is 648. The van der Waals surface area contributed by atoms with Gasteiger partial charge in [-0.1, -0.05) is 36.0 Å². The molecular formula is C18H23ClN2O2. The lowest BCUT2D eigenvalue weighted by atomic mass is 9.87. The Morgan fingerprint density at radius 3 is 2.74 bits per heavy atom. The fraction of sp³-hybridized carbons (Fsp3) is 0.556. The Labute approximate surface area is 142 Å². The number of rotatable bonds is 5. The van der Waals surface area contributed by atoms with Crippen LogP contribution in [-0.4, -0.2) is 16.2 Å². The quantitative estimate of drug-likeness (QED) is 0.744. The molecule has 1 aromatic carbocycles. The summed E-state index contributed by atoms with van der Waals surface area (Å²) in [7, 11) is 0. The van der Waals surface area contributed by atoms with Gasteiger partial charge < -0.3 is 9.26 Å². The van der Waals surface area contributed by atoms with Crippen molar-refractivity contribution in [2.75, 3.05) is 0 Å². The lowest BCUT2D eigenvalue weighted by molar-refractivity contribution is 0.242. The van der Waals surface area contributed by atoms with Gasteiger partial charge >= 0.3 is 0 Å². The molecular weight excluding hydrogens is 312 g/mol. The van der Waals surface area contributed by atoms with Gasteiger partial charge in [0.2, 0.25) is 11.7 Å². The average Bonchev–Trinajstić information content (AvgIpc) is 2.98. The highest BCUT2D eigenvalue weighted by Gasteiger charge is 2.18. The third-order valence-corrected chi connectivity index (χ3v) is 4.50. The van der Waals surface area contributed by atoms with Gasteiger partial charge in [-0.05, 0) is 50.8 Å². The number of ether oxygens (including phenoxy) is 1. The Kier molecular flexibility index (Phi) is 5.21. The number of halogens is 1. The molecule has 0 amide bonds. The molecule has 1 heterocycles. The third kappa shape index (κ3) is 4.25. The predicted octanol–water partition coefficient (Wildman–Crippen LogP) is 5.30. The number of benzene rings is 1. The zero-order valence-corrected chi connectivity index (χ0v) is 14.5. The molecule has 1 aliphatic carbocycles. The molecule has 124 valence electrons. The molecule has 0 spiro atoms. The van der Waals surface area contributed by atoms with Crippen LogP contribution in [0.4, 0.5) is 0 Å². The molecule has 0 bridgehead atoms. The number of aromatic nitrogens is 2. The molecule has 1 aromatic heterocycles. The van der Waals surface area contributed by atoms with Crippen molar-refractivity contribution in [1.82, 2.24) is 10.1 Å². The van der Waals surface area contributed by atoms with Crippen molar-refractivity contribution in [2.45, 2.75) is 58.5 Å². The van der Waals surface area contributed by atoms with Gasteiger partial charge in [-0.25, -0.2) is 0 Å². The maximum Gasteiger partial charge on any atom is 0.227 e. The first kappa shape index (κ1) is 16.3. The summed E-state index contributed by atoms with van der Waals surface area (Å²) in [5.74, 6) is 2.68. The second-order valence-corrected chi connectivity index (χ2v) is 6.94. The van der Waals surface area contributed by atoms with Gasteiger partial charge in [0.15, 0.2) is 0 Å². The molecule has 1 saturated carbocycles. The van der Waals surface area contributed by atoms with Crippen LogP contribution in [0.1, 0.15) is 51.8 Å². The van der Waals surface area contributed by atoms with Crippen LogP contribution in [0.15, 0.2) is 22.7 Å². The summed E-state index contributed by atoms with van der Waals surface area (Å²) in [5.41, 5.74) is 0.852. The van der Waals surface area contributed by atoms with Crippen molar-refractivity contribution in [3.05, 3.63) is 29.1 Å². The van der Waals surface area contributed by atoms with Crippen LogP contribution >= 0.6 is 11.6 Å². The summed E-state index contributed by atoms with van der Waals surface area (Å²) >= 11 is 6.27. The summed E-state index contributed by atoms with van der Waals surface area (Å²) in [6.45, 7) is 3.95. The van der Waals surface area contributed by atoms with E-state index in [0.29, 0.717) is 22.5 Å². The SMILES string of the molecule is CC(C)Oc1ccc(-c2noc(CC3CCCCC3)n2)cc1Cl. The van der Waals surface area contributed by atoms with Crippen molar-refractivity contribution in [2.24, 2.45) is 5.92 Å². The highest BCUT2D eigenvalue weighted by atomic mass is 35.5. The Morgan fingerprint density at radius 1 is 1.26 bits per heavy atom. The van der Waals surface area contributed by atoms with Gasteiger partial charge in [-0.15, -0.1) is 0 Å². The van der Waals surface area contributed by atoms with E-state index in [2.05, 4.69) is 10.1 Å². The maximum atomic E-state index is 6.27. The molecule has 3 rings (SSSR count). The van der Waals surface area contributed by atoms with Gasteiger partial charge in [0.25, 0.3) is 0 Å². The molecule has 5 heteroatoms. The molecule has 0 aliphatic heterocycles. The van der Waals surface area contributed by atoms with E-state index < -0.39 is 0 Å². The zero-order chi connectivity index (χ0) is 16.2. The standard InChI is InChI=1S/C18H23ClN2O2/c1-12(2)22-16-9-8-14(11-15(16)19)18-20-17(23-21-18)10-13-6-4-3-5-7-13/h8-9,11-13H,3-7,10H2,1-2H3. The lowest BCUT2D eigenvalue weighted by Gasteiger charge is -2.19. The first-order chi connectivity index (χ1) is 11.1. The smallest absolute Gasteiger partial charge is 0.227 e.